The predicted octanol–water partition coefficient (Wildman–Crippen LogP) is 4.03. The Labute approximate surface area is 208 Å². The maximum Gasteiger partial charge on any atom is 0.191 e. The lowest BCUT2D eigenvalue weighted by Crippen LogP contribution is -2.39. The lowest BCUT2D eigenvalue weighted by atomic mass is 9.87. The van der Waals surface area contributed by atoms with Crippen LogP contribution in [0, 0.1) is 5.82 Å². The molecule has 0 radical (unpaired) electrons. The fraction of sp³-hybridized carbons (Fsp3) is 0.435. The van der Waals surface area contributed by atoms with E-state index in [1.807, 2.05) is 12.1 Å². The van der Waals surface area contributed by atoms with Crippen molar-refractivity contribution < 1.29 is 17.5 Å². The minimum atomic E-state index is -3.22. The smallest absolute Gasteiger partial charge is 0.191 e. The minimum Gasteiger partial charge on any atom is -0.492 e. The Morgan fingerprint density at radius 1 is 1.06 bits per heavy atom. The molecule has 0 aromatic heterocycles. The average Bonchev–Trinajstić information content (AvgIpc) is 2.68. The van der Waals surface area contributed by atoms with Gasteiger partial charge in [0, 0.05) is 19.8 Å². The summed E-state index contributed by atoms with van der Waals surface area (Å²) in [5.74, 6) is 0.755. The molecule has 0 atom stereocenters. The second-order valence-electron chi connectivity index (χ2n) is 8.46. The van der Waals surface area contributed by atoms with Crippen molar-refractivity contribution in [1.82, 2.24) is 10.6 Å². The highest BCUT2D eigenvalue weighted by Crippen LogP contribution is 2.24. The molecule has 0 saturated carbocycles. The summed E-state index contributed by atoms with van der Waals surface area (Å²) in [6, 6.07) is 12.2. The van der Waals surface area contributed by atoms with Crippen molar-refractivity contribution >= 4 is 39.8 Å². The summed E-state index contributed by atoms with van der Waals surface area (Å²) in [6.07, 6.45) is 1.16. The van der Waals surface area contributed by atoms with Gasteiger partial charge in [0.25, 0.3) is 0 Å². The summed E-state index contributed by atoms with van der Waals surface area (Å²) in [4.78, 5) is 4.14. The molecular weight excluding hydrogens is 544 g/mol. The molecule has 0 bridgehead atoms. The Balaban J connectivity index is 0.00000512. The number of sulfone groups is 1. The van der Waals surface area contributed by atoms with Crippen molar-refractivity contribution in [2.24, 2.45) is 4.99 Å². The molecule has 2 aromatic carbocycles. The molecule has 0 aliphatic rings. The van der Waals surface area contributed by atoms with Gasteiger partial charge in [-0.05, 0) is 46.4 Å². The number of benzene rings is 2. The van der Waals surface area contributed by atoms with Gasteiger partial charge < -0.3 is 15.4 Å². The van der Waals surface area contributed by atoms with E-state index in [9.17, 15) is 12.8 Å². The number of hydrogen-bond donors (Lipinski definition) is 2. The van der Waals surface area contributed by atoms with E-state index in [4.69, 9.17) is 4.74 Å². The molecule has 0 amide bonds. The zero-order chi connectivity index (χ0) is 23.1. The number of aliphatic imine (C=N–C) groups is 1. The monoisotopic (exact) mass is 577 g/mol. The van der Waals surface area contributed by atoms with Crippen molar-refractivity contribution in [1.29, 1.82) is 0 Å². The topological polar surface area (TPSA) is 79.8 Å². The van der Waals surface area contributed by atoms with Crippen molar-refractivity contribution in [2.45, 2.75) is 38.5 Å². The molecule has 0 saturated heterocycles. The van der Waals surface area contributed by atoms with Crippen LogP contribution in [0.1, 0.15) is 37.5 Å². The van der Waals surface area contributed by atoms with Crippen molar-refractivity contribution in [2.75, 3.05) is 26.5 Å². The number of nitrogens with one attached hydrogen (secondary N) is 2. The lowest BCUT2D eigenvalue weighted by Gasteiger charge is -2.19. The summed E-state index contributed by atoms with van der Waals surface area (Å²) >= 11 is 0. The standard InChI is InChI=1S/C23H32FN3O3S.HI/c1-23(2,3)19-7-10-21(11-8-19)30-13-12-26-22(25-4)27-15-18-14-20(24)9-6-17(18)16-31(5,28)29;/h6-11,14H,12-13,15-16H2,1-5H3,(H2,25,26,27);1H. The lowest BCUT2D eigenvalue weighted by molar-refractivity contribution is 0.321. The quantitative estimate of drug-likeness (QED) is 0.215. The van der Waals surface area contributed by atoms with Gasteiger partial charge in [-0.25, -0.2) is 12.8 Å². The fourth-order valence-electron chi connectivity index (χ4n) is 2.97. The highest BCUT2D eigenvalue weighted by molar-refractivity contribution is 14.0. The molecule has 0 unspecified atom stereocenters. The largest absolute Gasteiger partial charge is 0.492 e. The average molecular weight is 578 g/mol. The summed E-state index contributed by atoms with van der Waals surface area (Å²) < 4.78 is 42.7. The second-order valence-corrected chi connectivity index (χ2v) is 10.6. The predicted molar refractivity (Wildman–Crippen MR) is 139 cm³/mol. The normalized spacial score (nSPS) is 12.1. The first kappa shape index (κ1) is 28.2. The third-order valence-corrected chi connectivity index (χ3v) is 5.47. The van der Waals surface area contributed by atoms with Crippen LogP contribution < -0.4 is 15.4 Å². The number of ether oxygens (including phenoxy) is 1. The Kier molecular flexibility index (Phi) is 10.9. The van der Waals surface area contributed by atoms with Crippen molar-refractivity contribution in [3.8, 4) is 5.75 Å². The van der Waals surface area contributed by atoms with Gasteiger partial charge in [-0.3, -0.25) is 4.99 Å². The Hall–Kier alpha value is -1.88. The molecule has 32 heavy (non-hydrogen) atoms. The zero-order valence-electron chi connectivity index (χ0n) is 19.2. The molecule has 0 aliphatic heterocycles. The van der Waals surface area contributed by atoms with Gasteiger partial charge in [0.05, 0.1) is 12.3 Å². The molecule has 0 aliphatic carbocycles. The van der Waals surface area contributed by atoms with Crippen LogP contribution >= 0.6 is 24.0 Å². The summed E-state index contributed by atoms with van der Waals surface area (Å²) in [5.41, 5.74) is 2.48. The molecular formula is C23H33FIN3O3S. The Bertz CT molecular complexity index is 1000. The van der Waals surface area contributed by atoms with Crippen molar-refractivity contribution in [3.63, 3.8) is 0 Å². The molecule has 2 rings (SSSR count). The van der Waals surface area contributed by atoms with Crippen LogP contribution in [0.2, 0.25) is 0 Å². The Morgan fingerprint density at radius 2 is 1.72 bits per heavy atom. The number of guanidine groups is 1. The van der Waals surface area contributed by atoms with Gasteiger partial charge in [0.2, 0.25) is 0 Å². The molecule has 6 nitrogen and oxygen atoms in total. The van der Waals surface area contributed by atoms with Crippen LogP contribution in [-0.2, 0) is 27.5 Å². The molecule has 178 valence electrons. The van der Waals surface area contributed by atoms with E-state index in [0.29, 0.717) is 30.2 Å². The number of hydrogen-bond acceptors (Lipinski definition) is 4. The molecule has 9 heteroatoms. The van der Waals surface area contributed by atoms with Gasteiger partial charge in [-0.2, -0.15) is 0 Å². The van der Waals surface area contributed by atoms with Crippen LogP contribution in [0.4, 0.5) is 4.39 Å². The van der Waals surface area contributed by atoms with Gasteiger partial charge in [-0.1, -0.05) is 39.0 Å². The maximum atomic E-state index is 13.6. The van der Waals surface area contributed by atoms with Gasteiger partial charge in [0.1, 0.15) is 18.2 Å². The van der Waals surface area contributed by atoms with E-state index in [0.717, 1.165) is 12.0 Å². The third-order valence-electron chi connectivity index (χ3n) is 4.64. The Morgan fingerprint density at radius 3 is 2.28 bits per heavy atom. The first-order valence-electron chi connectivity index (χ1n) is 10.1. The molecule has 2 aromatic rings. The first-order chi connectivity index (χ1) is 14.5. The van der Waals surface area contributed by atoms with E-state index in [1.54, 1.807) is 7.05 Å². The van der Waals surface area contributed by atoms with E-state index in [-0.39, 0.29) is 41.7 Å². The van der Waals surface area contributed by atoms with Crippen LogP contribution in [-0.4, -0.2) is 40.8 Å². The summed E-state index contributed by atoms with van der Waals surface area (Å²) in [7, 11) is -1.59. The number of halogens is 2. The van der Waals surface area contributed by atoms with Gasteiger partial charge in [-0.15, -0.1) is 24.0 Å². The van der Waals surface area contributed by atoms with E-state index >= 15 is 0 Å². The number of nitrogens with zero attached hydrogens (tertiary/aromatic N) is 1. The van der Waals surface area contributed by atoms with E-state index in [2.05, 4.69) is 48.5 Å². The molecule has 0 spiro atoms. The minimum absolute atomic E-state index is 0. The highest BCUT2D eigenvalue weighted by Gasteiger charge is 2.13. The van der Waals surface area contributed by atoms with Crippen LogP contribution in [0.3, 0.4) is 0 Å². The van der Waals surface area contributed by atoms with Gasteiger partial charge in [0.15, 0.2) is 15.8 Å². The van der Waals surface area contributed by atoms with Crippen molar-refractivity contribution in [3.05, 3.63) is 65.0 Å². The summed E-state index contributed by atoms with van der Waals surface area (Å²) in [5, 5.41) is 6.21. The maximum absolute atomic E-state index is 13.6. The third kappa shape index (κ3) is 9.72. The zero-order valence-corrected chi connectivity index (χ0v) is 22.4. The van der Waals surface area contributed by atoms with E-state index in [1.165, 1.54) is 23.8 Å². The first-order valence-corrected chi connectivity index (χ1v) is 12.2. The molecule has 0 heterocycles. The van der Waals surface area contributed by atoms with E-state index < -0.39 is 15.7 Å². The van der Waals surface area contributed by atoms with Crippen LogP contribution in [0.5, 0.6) is 5.75 Å². The van der Waals surface area contributed by atoms with Crippen LogP contribution in [0.15, 0.2) is 47.5 Å². The molecule has 0 fully saturated rings. The fourth-order valence-corrected chi connectivity index (χ4v) is 3.82. The highest BCUT2D eigenvalue weighted by atomic mass is 127. The van der Waals surface area contributed by atoms with Gasteiger partial charge >= 0.3 is 0 Å². The van der Waals surface area contributed by atoms with Crippen LogP contribution in [0.25, 0.3) is 0 Å². The second kappa shape index (κ2) is 12.4. The molecule has 2 N–H and O–H groups in total. The SMILES string of the molecule is CN=C(NCCOc1ccc(C(C)(C)C)cc1)NCc1cc(F)ccc1CS(C)(=O)=O.I. The summed E-state index contributed by atoms with van der Waals surface area (Å²) in [6.45, 7) is 7.70. The number of rotatable bonds is 8.